The number of nitrogens with one attached hydrogen (secondary N) is 1. The van der Waals surface area contributed by atoms with Gasteiger partial charge in [0.25, 0.3) is 0 Å². The van der Waals surface area contributed by atoms with Gasteiger partial charge in [0.15, 0.2) is 0 Å². The summed E-state index contributed by atoms with van der Waals surface area (Å²) in [5.74, 6) is 1.03. The van der Waals surface area contributed by atoms with Crippen molar-refractivity contribution in [1.29, 1.82) is 0 Å². The molecule has 0 saturated heterocycles. The molecule has 1 N–H and O–H groups in total. The number of halogens is 2. The maximum Gasteiger partial charge on any atom is 0.114 e. The van der Waals surface area contributed by atoms with Crippen molar-refractivity contribution in [2.24, 2.45) is 0 Å². The monoisotopic (exact) mass is 329 g/mol. The van der Waals surface area contributed by atoms with E-state index in [-0.39, 0.29) is 6.04 Å². The normalized spacial score (nSPS) is 16.3. The third-order valence-corrected chi connectivity index (χ3v) is 4.11. The maximum atomic E-state index is 6.04. The van der Waals surface area contributed by atoms with E-state index >= 15 is 0 Å². The van der Waals surface area contributed by atoms with Crippen LogP contribution in [-0.2, 0) is 4.74 Å². The topological polar surface area (TPSA) is 21.3 Å². The molecule has 0 aliphatic carbocycles. The Morgan fingerprint density at radius 3 is 2.94 bits per heavy atom. The van der Waals surface area contributed by atoms with Crippen molar-refractivity contribution < 1.29 is 4.74 Å². The van der Waals surface area contributed by atoms with E-state index in [1.54, 1.807) is 0 Å². The molecular formula is C14H17BrClNO. The first-order chi connectivity index (χ1) is 8.72. The average Bonchev–Trinajstić information content (AvgIpc) is 2.88. The summed E-state index contributed by atoms with van der Waals surface area (Å²) >= 11 is 9.51. The number of hydrogen-bond donors (Lipinski definition) is 1. The summed E-state index contributed by atoms with van der Waals surface area (Å²) < 4.78 is 6.61. The average molecular weight is 331 g/mol. The highest BCUT2D eigenvalue weighted by Crippen LogP contribution is 2.31. The van der Waals surface area contributed by atoms with Crippen LogP contribution in [-0.4, -0.2) is 13.2 Å². The Bertz CT molecular complexity index is 447. The number of ether oxygens (including phenoxy) is 1. The molecule has 0 aromatic heterocycles. The molecule has 2 nitrogen and oxygen atoms in total. The van der Waals surface area contributed by atoms with Crippen LogP contribution in [0.2, 0.25) is 5.02 Å². The summed E-state index contributed by atoms with van der Waals surface area (Å²) in [7, 11) is 0. The van der Waals surface area contributed by atoms with Gasteiger partial charge in [0, 0.05) is 10.9 Å². The molecule has 0 fully saturated rings. The molecule has 1 aromatic carbocycles. The van der Waals surface area contributed by atoms with E-state index < -0.39 is 0 Å². The molecule has 4 heteroatoms. The van der Waals surface area contributed by atoms with Crippen LogP contribution < -0.4 is 5.32 Å². The Morgan fingerprint density at radius 1 is 1.50 bits per heavy atom. The van der Waals surface area contributed by atoms with Crippen LogP contribution in [0.25, 0.3) is 0 Å². The van der Waals surface area contributed by atoms with Crippen molar-refractivity contribution in [2.75, 3.05) is 13.2 Å². The lowest BCUT2D eigenvalue weighted by Gasteiger charge is -2.20. The lowest BCUT2D eigenvalue weighted by molar-refractivity contribution is 0.215. The molecule has 2 rings (SSSR count). The molecule has 0 bridgehead atoms. The van der Waals surface area contributed by atoms with Crippen molar-refractivity contribution in [2.45, 2.75) is 25.8 Å². The molecule has 1 aromatic rings. The van der Waals surface area contributed by atoms with Crippen molar-refractivity contribution in [1.82, 2.24) is 5.32 Å². The van der Waals surface area contributed by atoms with Gasteiger partial charge in [0.1, 0.15) is 5.76 Å². The summed E-state index contributed by atoms with van der Waals surface area (Å²) in [4.78, 5) is 0. The summed E-state index contributed by atoms with van der Waals surface area (Å²) in [6.07, 6.45) is 4.25. The highest BCUT2D eigenvalue weighted by atomic mass is 79.9. The van der Waals surface area contributed by atoms with E-state index in [4.69, 9.17) is 16.3 Å². The zero-order valence-corrected chi connectivity index (χ0v) is 12.7. The van der Waals surface area contributed by atoms with Gasteiger partial charge >= 0.3 is 0 Å². The summed E-state index contributed by atoms with van der Waals surface area (Å²) in [6.45, 7) is 3.91. The summed E-state index contributed by atoms with van der Waals surface area (Å²) in [5, 5.41) is 4.25. The molecule has 98 valence electrons. The number of rotatable bonds is 5. The Balaban J connectivity index is 2.23. The standard InChI is InChI=1S/C14H17BrClNO/c1-2-7-17-14(13-4-3-8-18-13)10-5-6-12(16)11(15)9-10/h4-6,9,14,17H,2-3,7-8H2,1H3. The van der Waals surface area contributed by atoms with Crippen LogP contribution >= 0.6 is 27.5 Å². The van der Waals surface area contributed by atoms with Crippen LogP contribution in [0, 0.1) is 0 Å². The fraction of sp³-hybridized carbons (Fsp3) is 0.429. The fourth-order valence-corrected chi connectivity index (χ4v) is 2.52. The molecule has 1 aliphatic rings. The Kier molecular flexibility index (Phi) is 5.10. The quantitative estimate of drug-likeness (QED) is 0.861. The van der Waals surface area contributed by atoms with Gasteiger partial charge in [-0.1, -0.05) is 24.6 Å². The largest absolute Gasteiger partial charge is 0.496 e. The van der Waals surface area contributed by atoms with E-state index in [0.29, 0.717) is 0 Å². The summed E-state index contributed by atoms with van der Waals surface area (Å²) in [5.41, 5.74) is 1.17. The minimum atomic E-state index is 0.126. The first kappa shape index (κ1) is 13.9. The summed E-state index contributed by atoms with van der Waals surface area (Å²) in [6, 6.07) is 6.14. The zero-order valence-electron chi connectivity index (χ0n) is 10.4. The number of hydrogen-bond acceptors (Lipinski definition) is 2. The van der Waals surface area contributed by atoms with E-state index in [2.05, 4.69) is 40.3 Å². The van der Waals surface area contributed by atoms with E-state index in [9.17, 15) is 0 Å². The zero-order chi connectivity index (χ0) is 13.0. The second-order valence-electron chi connectivity index (χ2n) is 4.30. The Labute approximate surface area is 121 Å². The molecule has 1 unspecified atom stereocenters. The predicted molar refractivity (Wildman–Crippen MR) is 78.8 cm³/mol. The second-order valence-corrected chi connectivity index (χ2v) is 5.57. The highest BCUT2D eigenvalue weighted by Gasteiger charge is 2.20. The molecule has 18 heavy (non-hydrogen) atoms. The van der Waals surface area contributed by atoms with Gasteiger partial charge in [-0.3, -0.25) is 0 Å². The molecule has 0 radical (unpaired) electrons. The van der Waals surface area contributed by atoms with Gasteiger partial charge in [-0.25, -0.2) is 0 Å². The predicted octanol–water partition coefficient (Wildman–Crippen LogP) is 4.45. The van der Waals surface area contributed by atoms with E-state index in [0.717, 1.165) is 41.2 Å². The third kappa shape index (κ3) is 3.28. The SMILES string of the molecule is CCCNC(C1=CCCO1)c1ccc(Cl)c(Br)c1. The molecule has 1 aliphatic heterocycles. The molecule has 1 heterocycles. The van der Waals surface area contributed by atoms with Gasteiger partial charge in [0.2, 0.25) is 0 Å². The van der Waals surface area contributed by atoms with Gasteiger partial charge in [-0.05, 0) is 52.7 Å². The van der Waals surface area contributed by atoms with Crippen LogP contribution in [0.5, 0.6) is 0 Å². The van der Waals surface area contributed by atoms with Crippen LogP contribution in [0.15, 0.2) is 34.5 Å². The van der Waals surface area contributed by atoms with Crippen molar-refractivity contribution in [3.63, 3.8) is 0 Å². The van der Waals surface area contributed by atoms with Gasteiger partial charge < -0.3 is 10.1 Å². The lowest BCUT2D eigenvalue weighted by Crippen LogP contribution is -2.24. The maximum absolute atomic E-state index is 6.04. The van der Waals surface area contributed by atoms with Crippen LogP contribution in [0.4, 0.5) is 0 Å². The van der Waals surface area contributed by atoms with Crippen LogP contribution in [0.3, 0.4) is 0 Å². The van der Waals surface area contributed by atoms with Crippen LogP contribution in [0.1, 0.15) is 31.4 Å². The molecule has 0 amide bonds. The second kappa shape index (κ2) is 6.60. The first-order valence-electron chi connectivity index (χ1n) is 6.23. The highest BCUT2D eigenvalue weighted by molar-refractivity contribution is 9.10. The number of benzene rings is 1. The van der Waals surface area contributed by atoms with Gasteiger partial charge in [-0.2, -0.15) is 0 Å². The lowest BCUT2D eigenvalue weighted by atomic mass is 10.0. The van der Waals surface area contributed by atoms with E-state index in [1.165, 1.54) is 5.56 Å². The Morgan fingerprint density at radius 2 is 2.33 bits per heavy atom. The minimum absolute atomic E-state index is 0.126. The van der Waals surface area contributed by atoms with Gasteiger partial charge in [0.05, 0.1) is 17.7 Å². The fourth-order valence-electron chi connectivity index (χ4n) is 2.00. The minimum Gasteiger partial charge on any atom is -0.496 e. The molecule has 1 atom stereocenters. The first-order valence-corrected chi connectivity index (χ1v) is 7.40. The van der Waals surface area contributed by atoms with Gasteiger partial charge in [-0.15, -0.1) is 0 Å². The molecule has 0 saturated carbocycles. The smallest absolute Gasteiger partial charge is 0.114 e. The van der Waals surface area contributed by atoms with E-state index in [1.807, 2.05) is 12.1 Å². The third-order valence-electron chi connectivity index (χ3n) is 2.89. The van der Waals surface area contributed by atoms with Crippen molar-refractivity contribution in [3.05, 3.63) is 45.1 Å². The Hall–Kier alpha value is -0.510. The molecule has 0 spiro atoms. The molecular weight excluding hydrogens is 314 g/mol. The van der Waals surface area contributed by atoms with Crippen molar-refractivity contribution in [3.8, 4) is 0 Å². The van der Waals surface area contributed by atoms with Crippen molar-refractivity contribution >= 4 is 27.5 Å².